The number of aromatic nitrogens is 1. The van der Waals surface area contributed by atoms with Gasteiger partial charge in [0.2, 0.25) is 0 Å². The predicted molar refractivity (Wildman–Crippen MR) is 68.0 cm³/mol. The Morgan fingerprint density at radius 1 is 1.11 bits per heavy atom. The van der Waals surface area contributed by atoms with Gasteiger partial charge in [-0.05, 0) is 24.3 Å². The zero-order chi connectivity index (χ0) is 13.0. The van der Waals surface area contributed by atoms with Crippen LogP contribution >= 0.6 is 0 Å². The van der Waals surface area contributed by atoms with Crippen molar-refractivity contribution in [3.63, 3.8) is 0 Å². The second-order valence-corrected chi connectivity index (χ2v) is 5.12. The molecule has 2 aromatic rings. The highest BCUT2D eigenvalue weighted by Gasteiger charge is 2.19. The van der Waals surface area contributed by atoms with Crippen LogP contribution in [-0.4, -0.2) is 20.5 Å². The number of pyridine rings is 1. The van der Waals surface area contributed by atoms with Crippen LogP contribution in [-0.2, 0) is 10.0 Å². The maximum absolute atomic E-state index is 12.2. The van der Waals surface area contributed by atoms with Crippen LogP contribution in [0.1, 0.15) is 0 Å². The SMILES string of the molecule is COc1ccccc1S(=O)(=O)Nc1ccccn1. The minimum absolute atomic E-state index is 0.0816. The van der Waals surface area contributed by atoms with Crippen molar-refractivity contribution in [2.24, 2.45) is 0 Å². The van der Waals surface area contributed by atoms with E-state index >= 15 is 0 Å². The first-order chi connectivity index (χ1) is 8.63. The van der Waals surface area contributed by atoms with Crippen molar-refractivity contribution in [1.82, 2.24) is 4.98 Å². The van der Waals surface area contributed by atoms with E-state index in [1.807, 2.05) is 0 Å². The second kappa shape index (κ2) is 5.05. The van der Waals surface area contributed by atoms with Crippen molar-refractivity contribution >= 4 is 15.8 Å². The lowest BCUT2D eigenvalue weighted by Gasteiger charge is -2.10. The Morgan fingerprint density at radius 3 is 2.50 bits per heavy atom. The van der Waals surface area contributed by atoms with E-state index in [4.69, 9.17) is 4.74 Å². The lowest BCUT2D eigenvalue weighted by Crippen LogP contribution is -2.14. The van der Waals surface area contributed by atoms with Gasteiger partial charge in [-0.2, -0.15) is 0 Å². The molecule has 1 aromatic heterocycles. The first-order valence-electron chi connectivity index (χ1n) is 5.20. The van der Waals surface area contributed by atoms with Gasteiger partial charge in [-0.1, -0.05) is 18.2 Å². The van der Waals surface area contributed by atoms with Crippen molar-refractivity contribution < 1.29 is 13.2 Å². The van der Waals surface area contributed by atoms with Gasteiger partial charge in [0.05, 0.1) is 7.11 Å². The first kappa shape index (κ1) is 12.4. The summed E-state index contributed by atoms with van der Waals surface area (Å²) in [6.45, 7) is 0. The molecule has 2 rings (SSSR count). The van der Waals surface area contributed by atoms with E-state index in [0.29, 0.717) is 5.75 Å². The summed E-state index contributed by atoms with van der Waals surface area (Å²) < 4.78 is 31.7. The number of nitrogens with zero attached hydrogens (tertiary/aromatic N) is 1. The Labute approximate surface area is 105 Å². The van der Waals surface area contributed by atoms with E-state index < -0.39 is 10.0 Å². The Balaban J connectivity index is 2.37. The van der Waals surface area contributed by atoms with Gasteiger partial charge < -0.3 is 4.74 Å². The van der Waals surface area contributed by atoms with Gasteiger partial charge in [-0.3, -0.25) is 4.72 Å². The van der Waals surface area contributed by atoms with Gasteiger partial charge in [0, 0.05) is 6.20 Å². The molecule has 0 bridgehead atoms. The molecule has 0 fully saturated rings. The van der Waals surface area contributed by atoms with E-state index in [-0.39, 0.29) is 10.7 Å². The molecule has 0 radical (unpaired) electrons. The fourth-order valence-electron chi connectivity index (χ4n) is 1.46. The highest BCUT2D eigenvalue weighted by Crippen LogP contribution is 2.24. The summed E-state index contributed by atoms with van der Waals surface area (Å²) >= 11 is 0. The van der Waals surface area contributed by atoms with E-state index in [0.717, 1.165) is 0 Å². The standard InChI is InChI=1S/C12H12N2O3S/c1-17-10-6-2-3-7-11(10)18(15,16)14-12-8-4-5-9-13-12/h2-9H,1H3,(H,13,14). The molecule has 18 heavy (non-hydrogen) atoms. The van der Waals surface area contributed by atoms with E-state index in [1.165, 1.54) is 19.4 Å². The molecule has 1 N–H and O–H groups in total. The van der Waals surface area contributed by atoms with Crippen molar-refractivity contribution in [3.05, 3.63) is 48.7 Å². The molecule has 1 heterocycles. The fourth-order valence-corrected chi connectivity index (χ4v) is 2.64. The lowest BCUT2D eigenvalue weighted by molar-refractivity contribution is 0.403. The monoisotopic (exact) mass is 264 g/mol. The molecule has 0 spiro atoms. The number of hydrogen-bond acceptors (Lipinski definition) is 4. The molecule has 94 valence electrons. The second-order valence-electron chi connectivity index (χ2n) is 3.47. The molecule has 0 aliphatic carbocycles. The summed E-state index contributed by atoms with van der Waals surface area (Å²) in [6, 6.07) is 11.4. The zero-order valence-electron chi connectivity index (χ0n) is 9.70. The molecule has 1 aromatic carbocycles. The largest absolute Gasteiger partial charge is 0.495 e. The number of para-hydroxylation sites is 1. The minimum atomic E-state index is -3.69. The van der Waals surface area contributed by atoms with Gasteiger partial charge in [0.15, 0.2) is 0 Å². The molecule has 0 aliphatic heterocycles. The molecule has 0 atom stereocenters. The lowest BCUT2D eigenvalue weighted by atomic mass is 10.3. The molecule has 5 nitrogen and oxygen atoms in total. The number of sulfonamides is 1. The highest BCUT2D eigenvalue weighted by atomic mass is 32.2. The summed E-state index contributed by atoms with van der Waals surface area (Å²) in [6.07, 6.45) is 1.51. The van der Waals surface area contributed by atoms with Crippen molar-refractivity contribution in [2.45, 2.75) is 4.90 Å². The van der Waals surface area contributed by atoms with Crippen LogP contribution in [0.4, 0.5) is 5.82 Å². The van der Waals surface area contributed by atoms with Crippen LogP contribution in [0.3, 0.4) is 0 Å². The zero-order valence-corrected chi connectivity index (χ0v) is 10.5. The first-order valence-corrected chi connectivity index (χ1v) is 6.68. The minimum Gasteiger partial charge on any atom is -0.495 e. The summed E-state index contributed by atoms with van der Waals surface area (Å²) in [5, 5.41) is 0. The fraction of sp³-hybridized carbons (Fsp3) is 0.0833. The van der Waals surface area contributed by atoms with Gasteiger partial charge in [-0.25, -0.2) is 13.4 Å². The van der Waals surface area contributed by atoms with Crippen LogP contribution < -0.4 is 9.46 Å². The molecule has 6 heteroatoms. The number of anilines is 1. The number of methoxy groups -OCH3 is 1. The smallest absolute Gasteiger partial charge is 0.266 e. The van der Waals surface area contributed by atoms with Gasteiger partial charge in [0.1, 0.15) is 16.5 Å². The maximum Gasteiger partial charge on any atom is 0.266 e. The normalized spacial score (nSPS) is 10.9. The number of benzene rings is 1. The van der Waals surface area contributed by atoms with Crippen LogP contribution in [0.25, 0.3) is 0 Å². The third kappa shape index (κ3) is 2.60. The highest BCUT2D eigenvalue weighted by molar-refractivity contribution is 7.92. The molecule has 0 saturated carbocycles. The van der Waals surface area contributed by atoms with Gasteiger partial charge >= 0.3 is 0 Å². The van der Waals surface area contributed by atoms with Crippen LogP contribution in [0.5, 0.6) is 5.75 Å². The molecular formula is C12H12N2O3S. The number of nitrogens with one attached hydrogen (secondary N) is 1. The van der Waals surface area contributed by atoms with Crippen molar-refractivity contribution in [1.29, 1.82) is 0 Å². The maximum atomic E-state index is 12.2. The summed E-state index contributed by atoms with van der Waals surface area (Å²) in [5.41, 5.74) is 0. The molecule has 0 amide bonds. The van der Waals surface area contributed by atoms with Crippen LogP contribution in [0.15, 0.2) is 53.6 Å². The summed E-state index contributed by atoms with van der Waals surface area (Å²) in [4.78, 5) is 4.00. The molecule has 0 aliphatic rings. The Kier molecular flexibility index (Phi) is 3.47. The quantitative estimate of drug-likeness (QED) is 0.915. The Hall–Kier alpha value is -2.08. The molecular weight excluding hydrogens is 252 g/mol. The molecule has 0 unspecified atom stereocenters. The Bertz CT molecular complexity index is 627. The predicted octanol–water partition coefficient (Wildman–Crippen LogP) is 1.89. The van der Waals surface area contributed by atoms with Gasteiger partial charge in [0.25, 0.3) is 10.0 Å². The number of rotatable bonds is 4. The van der Waals surface area contributed by atoms with E-state index in [9.17, 15) is 8.42 Å². The Morgan fingerprint density at radius 2 is 1.83 bits per heavy atom. The third-order valence-corrected chi connectivity index (χ3v) is 3.66. The average Bonchev–Trinajstić information content (AvgIpc) is 2.39. The van der Waals surface area contributed by atoms with Crippen LogP contribution in [0.2, 0.25) is 0 Å². The number of hydrogen-bond donors (Lipinski definition) is 1. The summed E-state index contributed by atoms with van der Waals surface area (Å²) in [7, 11) is -2.27. The van der Waals surface area contributed by atoms with E-state index in [2.05, 4.69) is 9.71 Å². The summed E-state index contributed by atoms with van der Waals surface area (Å²) in [5.74, 6) is 0.560. The number of ether oxygens (including phenoxy) is 1. The van der Waals surface area contributed by atoms with Crippen molar-refractivity contribution in [2.75, 3.05) is 11.8 Å². The third-order valence-electron chi connectivity index (χ3n) is 2.26. The van der Waals surface area contributed by atoms with Crippen LogP contribution in [0, 0.1) is 0 Å². The molecule has 0 saturated heterocycles. The van der Waals surface area contributed by atoms with E-state index in [1.54, 1.807) is 36.4 Å². The van der Waals surface area contributed by atoms with Crippen molar-refractivity contribution in [3.8, 4) is 5.75 Å². The topological polar surface area (TPSA) is 68.3 Å². The average molecular weight is 264 g/mol. The van der Waals surface area contributed by atoms with Gasteiger partial charge in [-0.15, -0.1) is 0 Å².